The van der Waals surface area contributed by atoms with Crippen molar-refractivity contribution in [3.05, 3.63) is 94.6 Å². The van der Waals surface area contributed by atoms with Gasteiger partial charge in [-0.3, -0.25) is 9.59 Å². The molecule has 0 spiro atoms. The largest absolute Gasteiger partial charge is 0.467 e. The van der Waals surface area contributed by atoms with E-state index in [4.69, 9.17) is 4.74 Å². The van der Waals surface area contributed by atoms with Gasteiger partial charge in [-0.25, -0.2) is 4.79 Å². The van der Waals surface area contributed by atoms with Gasteiger partial charge in [-0.05, 0) is 47.4 Å². The first-order valence-electron chi connectivity index (χ1n) is 10.4. The average Bonchev–Trinajstić information content (AvgIpc) is 3.01. The van der Waals surface area contributed by atoms with Crippen molar-refractivity contribution >= 4 is 17.7 Å². The van der Waals surface area contributed by atoms with Crippen LogP contribution in [-0.4, -0.2) is 41.8 Å². The van der Waals surface area contributed by atoms with Gasteiger partial charge in [-0.15, -0.1) is 0 Å². The van der Waals surface area contributed by atoms with E-state index < -0.39 is 11.5 Å². The lowest BCUT2D eigenvalue weighted by atomic mass is 9.80. The first-order valence-corrected chi connectivity index (χ1v) is 10.4. The zero-order chi connectivity index (χ0) is 22.2. The molecule has 0 saturated carbocycles. The third-order valence-corrected chi connectivity index (χ3v) is 6.34. The van der Waals surface area contributed by atoms with Crippen LogP contribution in [0, 0.1) is 5.92 Å². The number of allylic oxidation sites excluding steroid dienone is 1. The highest BCUT2D eigenvalue weighted by molar-refractivity contribution is 6.06. The Morgan fingerprint density at radius 3 is 2.29 bits per heavy atom. The lowest BCUT2D eigenvalue weighted by Gasteiger charge is -2.44. The van der Waals surface area contributed by atoms with Gasteiger partial charge in [-0.2, -0.15) is 0 Å². The maximum absolute atomic E-state index is 13.7. The van der Waals surface area contributed by atoms with E-state index in [2.05, 4.69) is 0 Å². The summed E-state index contributed by atoms with van der Waals surface area (Å²) in [5.74, 6) is -1.10. The third kappa shape index (κ3) is 3.40. The number of rotatable bonds is 4. The third-order valence-electron chi connectivity index (χ3n) is 6.34. The molecule has 1 heterocycles. The Bertz CT molecular complexity index is 1100. The SMILES string of the molecule is COC(=O)C1(Cc2ccccc2)C=C2C(=C(C)C(=O)C2C)CN1C(=O)c1ccccc1. The van der Waals surface area contributed by atoms with Crippen molar-refractivity contribution in [1.29, 1.82) is 0 Å². The minimum Gasteiger partial charge on any atom is -0.467 e. The lowest BCUT2D eigenvalue weighted by Crippen LogP contribution is -2.60. The van der Waals surface area contributed by atoms with Crippen LogP contribution in [0.25, 0.3) is 0 Å². The molecule has 158 valence electrons. The summed E-state index contributed by atoms with van der Waals surface area (Å²) in [6, 6.07) is 18.4. The van der Waals surface area contributed by atoms with E-state index in [1.807, 2.05) is 43.3 Å². The van der Waals surface area contributed by atoms with Crippen molar-refractivity contribution < 1.29 is 19.1 Å². The summed E-state index contributed by atoms with van der Waals surface area (Å²) in [6.45, 7) is 3.83. The highest BCUT2D eigenvalue weighted by Crippen LogP contribution is 2.43. The van der Waals surface area contributed by atoms with Gasteiger partial charge in [0.25, 0.3) is 5.91 Å². The number of hydrogen-bond acceptors (Lipinski definition) is 4. The molecule has 2 aromatic carbocycles. The van der Waals surface area contributed by atoms with E-state index in [1.165, 1.54) is 7.11 Å². The van der Waals surface area contributed by atoms with Crippen molar-refractivity contribution in [1.82, 2.24) is 4.90 Å². The number of esters is 1. The summed E-state index contributed by atoms with van der Waals surface area (Å²) in [5, 5.41) is 0. The van der Waals surface area contributed by atoms with Crippen LogP contribution in [0.2, 0.25) is 0 Å². The molecular formula is C26H25NO4. The molecule has 1 aliphatic heterocycles. The van der Waals surface area contributed by atoms with Crippen molar-refractivity contribution in [3.8, 4) is 0 Å². The van der Waals surface area contributed by atoms with E-state index in [-0.39, 0.29) is 30.6 Å². The van der Waals surface area contributed by atoms with E-state index in [9.17, 15) is 14.4 Å². The fourth-order valence-electron chi connectivity index (χ4n) is 4.61. The van der Waals surface area contributed by atoms with Crippen molar-refractivity contribution in [2.75, 3.05) is 13.7 Å². The van der Waals surface area contributed by atoms with Crippen LogP contribution in [-0.2, 0) is 20.7 Å². The first kappa shape index (κ1) is 20.8. The van der Waals surface area contributed by atoms with E-state index >= 15 is 0 Å². The van der Waals surface area contributed by atoms with E-state index in [1.54, 1.807) is 42.2 Å². The number of ether oxygens (including phenoxy) is 1. The van der Waals surface area contributed by atoms with Gasteiger partial charge in [0.1, 0.15) is 0 Å². The molecule has 0 bridgehead atoms. The zero-order valence-corrected chi connectivity index (χ0v) is 17.9. The Labute approximate surface area is 182 Å². The quantitative estimate of drug-likeness (QED) is 0.714. The van der Waals surface area contributed by atoms with Crippen LogP contribution in [0.4, 0.5) is 0 Å². The van der Waals surface area contributed by atoms with Gasteiger partial charge >= 0.3 is 5.97 Å². The molecule has 0 saturated heterocycles. The van der Waals surface area contributed by atoms with Crippen molar-refractivity contribution in [3.63, 3.8) is 0 Å². The molecule has 0 aromatic heterocycles. The molecule has 5 heteroatoms. The molecule has 4 rings (SSSR count). The van der Waals surface area contributed by atoms with Crippen LogP contribution in [0.1, 0.15) is 29.8 Å². The number of nitrogens with zero attached hydrogens (tertiary/aromatic N) is 1. The molecule has 0 N–H and O–H groups in total. The molecule has 31 heavy (non-hydrogen) atoms. The number of carbonyl (C=O) groups is 3. The highest BCUT2D eigenvalue weighted by Gasteiger charge is 2.52. The number of hydrogen-bond donors (Lipinski definition) is 0. The second-order valence-electron chi connectivity index (χ2n) is 8.12. The molecule has 2 aromatic rings. The van der Waals surface area contributed by atoms with Gasteiger partial charge in [0.2, 0.25) is 0 Å². The maximum Gasteiger partial charge on any atom is 0.336 e. The smallest absolute Gasteiger partial charge is 0.336 e. The summed E-state index contributed by atoms with van der Waals surface area (Å²) >= 11 is 0. The molecule has 1 amide bonds. The molecule has 2 atom stereocenters. The fourth-order valence-corrected chi connectivity index (χ4v) is 4.61. The fraction of sp³-hybridized carbons (Fsp3) is 0.269. The zero-order valence-electron chi connectivity index (χ0n) is 17.9. The standard InChI is InChI=1S/C26H25NO4/c1-17-21-15-26(25(30)31-3,14-19-10-6-4-7-11-19)27(16-22(21)18(2)23(17)28)24(29)20-12-8-5-9-13-20/h4-13,15,17H,14,16H2,1-3H3. The first-order chi connectivity index (χ1) is 14.9. The molecule has 5 nitrogen and oxygen atoms in total. The Hall–Kier alpha value is -3.47. The number of benzene rings is 2. The second-order valence-corrected chi connectivity index (χ2v) is 8.12. The van der Waals surface area contributed by atoms with Gasteiger partial charge in [0, 0.05) is 24.4 Å². The van der Waals surface area contributed by atoms with Crippen LogP contribution >= 0.6 is 0 Å². The monoisotopic (exact) mass is 415 g/mol. The summed E-state index contributed by atoms with van der Waals surface area (Å²) in [4.78, 5) is 41.3. The molecule has 1 aliphatic carbocycles. The van der Waals surface area contributed by atoms with Crippen molar-refractivity contribution in [2.45, 2.75) is 25.8 Å². The Morgan fingerprint density at radius 2 is 1.68 bits per heavy atom. The number of methoxy groups -OCH3 is 1. The van der Waals surface area contributed by atoms with Crippen LogP contribution in [0.15, 0.2) is 83.5 Å². The summed E-state index contributed by atoms with van der Waals surface area (Å²) in [7, 11) is 1.33. The molecular weight excluding hydrogens is 390 g/mol. The van der Waals surface area contributed by atoms with E-state index in [0.29, 0.717) is 11.1 Å². The van der Waals surface area contributed by atoms with Crippen LogP contribution < -0.4 is 0 Å². The Morgan fingerprint density at radius 1 is 1.06 bits per heavy atom. The molecule has 2 aliphatic rings. The van der Waals surface area contributed by atoms with E-state index in [0.717, 1.165) is 16.7 Å². The van der Waals surface area contributed by atoms with Gasteiger partial charge < -0.3 is 9.64 Å². The minimum absolute atomic E-state index is 0.0359. The summed E-state index contributed by atoms with van der Waals surface area (Å²) in [6.07, 6.45) is 2.06. The highest BCUT2D eigenvalue weighted by atomic mass is 16.5. The topological polar surface area (TPSA) is 63.7 Å². The number of Topliss-reactive ketones (excluding diaryl/α,β-unsaturated/α-hetero) is 1. The predicted octanol–water partition coefficient (Wildman–Crippen LogP) is 3.76. The number of amides is 1. The van der Waals surface area contributed by atoms with Crippen LogP contribution in [0.3, 0.4) is 0 Å². The lowest BCUT2D eigenvalue weighted by molar-refractivity contribution is -0.150. The maximum atomic E-state index is 13.7. The average molecular weight is 415 g/mol. The predicted molar refractivity (Wildman–Crippen MR) is 117 cm³/mol. The number of carbonyl (C=O) groups excluding carboxylic acids is 3. The van der Waals surface area contributed by atoms with Gasteiger partial charge in [-0.1, -0.05) is 55.5 Å². The summed E-state index contributed by atoms with van der Waals surface area (Å²) in [5.41, 5.74) is 2.34. The Balaban J connectivity index is 1.93. The van der Waals surface area contributed by atoms with Gasteiger partial charge in [0.05, 0.1) is 7.11 Å². The second kappa shape index (κ2) is 7.99. The molecule has 2 unspecified atom stereocenters. The minimum atomic E-state index is -1.35. The van der Waals surface area contributed by atoms with Gasteiger partial charge in [0.15, 0.2) is 11.3 Å². The van der Waals surface area contributed by atoms with Crippen molar-refractivity contribution in [2.24, 2.45) is 5.92 Å². The van der Waals surface area contributed by atoms with Crippen LogP contribution in [0.5, 0.6) is 0 Å². The number of ketones is 1. The number of fused-ring (bicyclic) bond motifs is 1. The molecule has 0 fully saturated rings. The molecule has 0 radical (unpaired) electrons. The summed E-state index contributed by atoms with van der Waals surface area (Å²) < 4.78 is 5.24. The Kier molecular flexibility index (Phi) is 5.36. The normalized spacial score (nSPS) is 22.8.